The van der Waals surface area contributed by atoms with Crippen molar-refractivity contribution in [3.05, 3.63) is 176 Å². The molecule has 0 amide bonds. The molecule has 4 heteroatoms. The van der Waals surface area contributed by atoms with Crippen LogP contribution in [-0.2, 0) is 0 Å². The molecule has 8 aromatic carbocycles. The first-order valence-corrected chi connectivity index (χ1v) is 18.3. The zero-order chi connectivity index (χ0) is 34.2. The summed E-state index contributed by atoms with van der Waals surface area (Å²) in [7, 11) is 0. The Morgan fingerprint density at radius 3 is 1.90 bits per heavy atom. The van der Waals surface area contributed by atoms with Crippen LogP contribution in [0.3, 0.4) is 0 Å². The average molecular weight is 684 g/mol. The van der Waals surface area contributed by atoms with E-state index in [1.165, 1.54) is 20.2 Å². The molecule has 0 aliphatic heterocycles. The molecule has 52 heavy (non-hydrogen) atoms. The number of rotatable bonds is 5. The van der Waals surface area contributed by atoms with Crippen LogP contribution < -0.4 is 4.90 Å². The molecule has 0 bridgehead atoms. The summed E-state index contributed by atoms with van der Waals surface area (Å²) in [6, 6.07) is 62.4. The van der Waals surface area contributed by atoms with Crippen molar-refractivity contribution in [2.24, 2.45) is 0 Å². The van der Waals surface area contributed by atoms with E-state index in [0.717, 1.165) is 83.2 Å². The lowest BCUT2D eigenvalue weighted by atomic mass is 10.00. The molecule has 0 atom stereocenters. The van der Waals surface area contributed by atoms with Crippen LogP contribution in [0.15, 0.2) is 185 Å². The molecule has 0 aliphatic rings. The first-order valence-electron chi connectivity index (χ1n) is 17.5. The minimum absolute atomic E-state index is 0.872. The van der Waals surface area contributed by atoms with Gasteiger partial charge in [-0.3, -0.25) is 0 Å². The quantitative estimate of drug-likeness (QED) is 0.181. The Hall–Kier alpha value is -6.62. The maximum absolute atomic E-state index is 6.59. The summed E-state index contributed by atoms with van der Waals surface area (Å²) in [4.78, 5) is 2.33. The van der Waals surface area contributed by atoms with Crippen molar-refractivity contribution in [1.29, 1.82) is 0 Å². The minimum Gasteiger partial charge on any atom is -0.455 e. The fourth-order valence-corrected chi connectivity index (χ4v) is 8.95. The monoisotopic (exact) mass is 683 g/mol. The summed E-state index contributed by atoms with van der Waals surface area (Å²) in [6.07, 6.45) is 0. The molecular weight excluding hydrogens is 655 g/mol. The zero-order valence-electron chi connectivity index (χ0n) is 27.9. The Balaban J connectivity index is 1.05. The van der Waals surface area contributed by atoms with Gasteiger partial charge in [0.15, 0.2) is 5.58 Å². The molecule has 3 nitrogen and oxygen atoms in total. The average Bonchev–Trinajstić information content (AvgIpc) is 3.90. The van der Waals surface area contributed by atoms with E-state index in [0.29, 0.717) is 0 Å². The van der Waals surface area contributed by atoms with Crippen LogP contribution in [0.4, 0.5) is 17.1 Å². The fourth-order valence-electron chi connectivity index (χ4n) is 7.82. The highest BCUT2D eigenvalue weighted by molar-refractivity contribution is 7.25. The van der Waals surface area contributed by atoms with Crippen molar-refractivity contribution in [2.75, 3.05) is 4.90 Å². The SMILES string of the molecule is c1ccc(-c2cccc3c2oc2ccc(-c4ccc(N(c5ccc6c(c5)sc5ccccc56)c5cccc6c5oc5ccccc56)cc4)cc23)cc1. The van der Waals surface area contributed by atoms with Crippen LogP contribution in [0.25, 0.3) is 86.3 Å². The molecule has 0 aliphatic carbocycles. The highest BCUT2D eigenvalue weighted by atomic mass is 32.1. The molecule has 11 rings (SSSR count). The Kier molecular flexibility index (Phi) is 6.42. The van der Waals surface area contributed by atoms with E-state index < -0.39 is 0 Å². The lowest BCUT2D eigenvalue weighted by Gasteiger charge is -2.26. The Bertz CT molecular complexity index is 3130. The van der Waals surface area contributed by atoms with Gasteiger partial charge in [-0.1, -0.05) is 121 Å². The molecule has 3 aromatic heterocycles. The third kappa shape index (κ3) is 4.51. The first-order chi connectivity index (χ1) is 25.8. The predicted octanol–water partition coefficient (Wildman–Crippen LogP) is 14.7. The number of furan rings is 2. The Morgan fingerprint density at radius 1 is 0.365 bits per heavy atom. The number of para-hydroxylation sites is 3. The van der Waals surface area contributed by atoms with Crippen molar-refractivity contribution < 1.29 is 8.83 Å². The van der Waals surface area contributed by atoms with E-state index in [-0.39, 0.29) is 0 Å². The van der Waals surface area contributed by atoms with Gasteiger partial charge in [-0.2, -0.15) is 0 Å². The molecule has 244 valence electrons. The highest BCUT2D eigenvalue weighted by Gasteiger charge is 2.21. The molecule has 0 fully saturated rings. The van der Waals surface area contributed by atoms with Crippen LogP contribution in [0, 0.1) is 0 Å². The van der Waals surface area contributed by atoms with Crippen LogP contribution in [0.2, 0.25) is 0 Å². The van der Waals surface area contributed by atoms with Gasteiger partial charge in [0.25, 0.3) is 0 Å². The lowest BCUT2D eigenvalue weighted by molar-refractivity contribution is 0.669. The van der Waals surface area contributed by atoms with Crippen molar-refractivity contribution >= 4 is 92.4 Å². The zero-order valence-corrected chi connectivity index (χ0v) is 28.7. The maximum Gasteiger partial charge on any atom is 0.159 e. The van der Waals surface area contributed by atoms with Gasteiger partial charge in [0.05, 0.1) is 5.69 Å². The largest absolute Gasteiger partial charge is 0.455 e. The van der Waals surface area contributed by atoms with Gasteiger partial charge < -0.3 is 13.7 Å². The second kappa shape index (κ2) is 11.5. The standard InChI is InChI=1S/C48H29NO2S/c1-2-10-31(11-3-1)35-14-8-15-40-41-28-32(22-27-44(41)50-47(35)40)30-20-23-33(24-21-30)49(34-25-26-38-37-13-5-7-19-45(37)52-46(38)29-34)42-17-9-16-39-36-12-4-6-18-43(36)51-48(39)42/h1-29H. The summed E-state index contributed by atoms with van der Waals surface area (Å²) >= 11 is 1.83. The van der Waals surface area contributed by atoms with Crippen LogP contribution in [0.1, 0.15) is 0 Å². The van der Waals surface area contributed by atoms with Gasteiger partial charge in [-0.05, 0) is 71.3 Å². The molecular formula is C48H29NO2S. The number of fused-ring (bicyclic) bond motifs is 9. The number of benzene rings is 8. The molecule has 0 unspecified atom stereocenters. The fraction of sp³-hybridized carbons (Fsp3) is 0. The van der Waals surface area contributed by atoms with Crippen LogP contribution >= 0.6 is 11.3 Å². The topological polar surface area (TPSA) is 29.5 Å². The first kappa shape index (κ1) is 29.1. The van der Waals surface area contributed by atoms with Gasteiger partial charge in [-0.15, -0.1) is 11.3 Å². The third-order valence-electron chi connectivity index (χ3n) is 10.3. The normalized spacial score (nSPS) is 11.8. The van der Waals surface area contributed by atoms with E-state index in [4.69, 9.17) is 8.83 Å². The van der Waals surface area contributed by atoms with E-state index in [2.05, 4.69) is 163 Å². The Morgan fingerprint density at radius 2 is 1.02 bits per heavy atom. The molecule has 0 radical (unpaired) electrons. The summed E-state index contributed by atoms with van der Waals surface area (Å²) in [5.74, 6) is 0. The molecule has 0 saturated carbocycles. The second-order valence-electron chi connectivity index (χ2n) is 13.3. The Labute approximate surface area is 303 Å². The van der Waals surface area contributed by atoms with E-state index in [9.17, 15) is 0 Å². The molecule has 0 saturated heterocycles. The van der Waals surface area contributed by atoms with Gasteiger partial charge in [0.1, 0.15) is 16.7 Å². The van der Waals surface area contributed by atoms with Gasteiger partial charge in [-0.25, -0.2) is 0 Å². The molecule has 0 spiro atoms. The molecule has 3 heterocycles. The maximum atomic E-state index is 6.59. The summed E-state index contributed by atoms with van der Waals surface area (Å²) in [5.41, 5.74) is 11.2. The van der Waals surface area contributed by atoms with E-state index in [1.54, 1.807) is 0 Å². The smallest absolute Gasteiger partial charge is 0.159 e. The van der Waals surface area contributed by atoms with E-state index in [1.807, 2.05) is 29.5 Å². The summed E-state index contributed by atoms with van der Waals surface area (Å²) < 4.78 is 15.6. The third-order valence-corrected chi connectivity index (χ3v) is 11.4. The van der Waals surface area contributed by atoms with E-state index >= 15 is 0 Å². The number of nitrogens with zero attached hydrogens (tertiary/aromatic N) is 1. The second-order valence-corrected chi connectivity index (χ2v) is 14.4. The van der Waals surface area contributed by atoms with Crippen molar-refractivity contribution in [2.45, 2.75) is 0 Å². The van der Waals surface area contributed by atoms with Crippen molar-refractivity contribution in [1.82, 2.24) is 0 Å². The lowest BCUT2D eigenvalue weighted by Crippen LogP contribution is -2.10. The van der Waals surface area contributed by atoms with Gasteiger partial charge in [0, 0.05) is 58.7 Å². The van der Waals surface area contributed by atoms with Crippen molar-refractivity contribution in [3.63, 3.8) is 0 Å². The minimum atomic E-state index is 0.872. The predicted molar refractivity (Wildman–Crippen MR) is 219 cm³/mol. The van der Waals surface area contributed by atoms with Crippen molar-refractivity contribution in [3.8, 4) is 22.3 Å². The number of thiophene rings is 1. The van der Waals surface area contributed by atoms with Gasteiger partial charge >= 0.3 is 0 Å². The molecule has 11 aromatic rings. The molecule has 0 N–H and O–H groups in total. The summed E-state index contributed by atoms with van der Waals surface area (Å²) in [5, 5.41) is 7.03. The number of hydrogen-bond donors (Lipinski definition) is 0. The van der Waals surface area contributed by atoms with Crippen LogP contribution in [0.5, 0.6) is 0 Å². The summed E-state index contributed by atoms with van der Waals surface area (Å²) in [6.45, 7) is 0. The number of anilines is 3. The van der Waals surface area contributed by atoms with Crippen LogP contribution in [-0.4, -0.2) is 0 Å². The highest BCUT2D eigenvalue weighted by Crippen LogP contribution is 2.45. The number of hydrogen-bond acceptors (Lipinski definition) is 4. The van der Waals surface area contributed by atoms with Gasteiger partial charge in [0.2, 0.25) is 0 Å².